The Kier molecular flexibility index (Phi) is 6.69. The second-order valence-corrected chi connectivity index (χ2v) is 3.85. The molecule has 1 heteroatoms. The van der Waals surface area contributed by atoms with E-state index in [9.17, 15) is 0 Å². The van der Waals surface area contributed by atoms with Crippen molar-refractivity contribution in [2.24, 2.45) is 0 Å². The Morgan fingerprint density at radius 2 is 1.69 bits per heavy atom. The summed E-state index contributed by atoms with van der Waals surface area (Å²) in [5.74, 6) is 0. The zero-order valence-electron chi connectivity index (χ0n) is 10.5. The maximum absolute atomic E-state index is 5.43. The van der Waals surface area contributed by atoms with E-state index in [-0.39, 0.29) is 0 Å². The van der Waals surface area contributed by atoms with Gasteiger partial charge in [0.25, 0.3) is 0 Å². The Morgan fingerprint density at radius 3 is 1.94 bits per heavy atom. The highest BCUT2D eigenvalue weighted by Crippen LogP contribution is 2.02. The van der Waals surface area contributed by atoms with Crippen LogP contribution in [0.4, 0.5) is 5.69 Å². The number of rotatable bonds is 2. The van der Waals surface area contributed by atoms with Crippen LogP contribution in [0.5, 0.6) is 0 Å². The van der Waals surface area contributed by atoms with Gasteiger partial charge in [0.05, 0.1) is 0 Å². The minimum Gasteiger partial charge on any atom is -0.399 e. The van der Waals surface area contributed by atoms with Crippen LogP contribution in [0.2, 0.25) is 0 Å². The van der Waals surface area contributed by atoms with E-state index < -0.39 is 0 Å². The van der Waals surface area contributed by atoms with Crippen molar-refractivity contribution in [2.75, 3.05) is 5.73 Å². The number of allylic oxidation sites excluding steroid dienone is 4. The lowest BCUT2D eigenvalue weighted by Crippen LogP contribution is -1.81. The smallest absolute Gasteiger partial charge is 0.0314 e. The summed E-state index contributed by atoms with van der Waals surface area (Å²) in [4.78, 5) is 0. The molecule has 0 radical (unpaired) electrons. The van der Waals surface area contributed by atoms with Gasteiger partial charge in [0.15, 0.2) is 0 Å². The van der Waals surface area contributed by atoms with Crippen LogP contribution in [0.1, 0.15) is 19.4 Å². The SMILES string of the molecule is C=C/C(C)=C\C(=C)C.Cc1ccc(N)cc1. The van der Waals surface area contributed by atoms with Crippen LogP contribution in [0.15, 0.2) is 60.7 Å². The Balaban J connectivity index is 0.000000281. The molecule has 0 saturated carbocycles. The largest absolute Gasteiger partial charge is 0.399 e. The standard InChI is InChI=1S/C8H12.C7H9N/c1-5-8(4)6-7(2)3;1-6-2-4-7(8)5-3-6/h5-6H,1-2H2,3-4H3;2-5H,8H2,1H3/b8-6-;. The fraction of sp³-hybridized carbons (Fsp3) is 0.200. The van der Waals surface area contributed by atoms with Crippen molar-refractivity contribution in [1.82, 2.24) is 0 Å². The van der Waals surface area contributed by atoms with Crippen molar-refractivity contribution in [1.29, 1.82) is 0 Å². The van der Waals surface area contributed by atoms with Crippen LogP contribution in [0.25, 0.3) is 0 Å². The molecule has 86 valence electrons. The molecule has 1 rings (SSSR count). The lowest BCUT2D eigenvalue weighted by Gasteiger charge is -1.90. The molecule has 0 bridgehead atoms. The fourth-order valence-electron chi connectivity index (χ4n) is 1.01. The van der Waals surface area contributed by atoms with Crippen LogP contribution in [0, 0.1) is 6.92 Å². The molecule has 2 N–H and O–H groups in total. The van der Waals surface area contributed by atoms with Crippen molar-refractivity contribution in [3.05, 3.63) is 66.3 Å². The first-order valence-corrected chi connectivity index (χ1v) is 5.24. The van der Waals surface area contributed by atoms with Gasteiger partial charge in [0.1, 0.15) is 0 Å². The summed E-state index contributed by atoms with van der Waals surface area (Å²) in [6, 6.07) is 7.79. The predicted octanol–water partition coefficient (Wildman–Crippen LogP) is 4.27. The first kappa shape index (κ1) is 14.2. The molecule has 0 aliphatic carbocycles. The maximum Gasteiger partial charge on any atom is 0.0314 e. The average molecular weight is 215 g/mol. The van der Waals surface area contributed by atoms with Crippen LogP contribution in [-0.2, 0) is 0 Å². The van der Waals surface area contributed by atoms with Gasteiger partial charge in [-0.3, -0.25) is 0 Å². The number of hydrogen-bond acceptors (Lipinski definition) is 1. The molecule has 0 aliphatic rings. The molecule has 16 heavy (non-hydrogen) atoms. The lowest BCUT2D eigenvalue weighted by molar-refractivity contribution is 1.46. The van der Waals surface area contributed by atoms with Crippen molar-refractivity contribution < 1.29 is 0 Å². The third-order valence-corrected chi connectivity index (χ3v) is 1.87. The van der Waals surface area contributed by atoms with E-state index in [0.717, 1.165) is 16.8 Å². The summed E-state index contributed by atoms with van der Waals surface area (Å²) in [7, 11) is 0. The van der Waals surface area contributed by atoms with Gasteiger partial charge < -0.3 is 5.73 Å². The summed E-state index contributed by atoms with van der Waals surface area (Å²) >= 11 is 0. The number of benzene rings is 1. The average Bonchev–Trinajstić information content (AvgIpc) is 2.22. The van der Waals surface area contributed by atoms with E-state index in [1.165, 1.54) is 5.56 Å². The zero-order valence-corrected chi connectivity index (χ0v) is 10.5. The second kappa shape index (κ2) is 7.52. The van der Waals surface area contributed by atoms with E-state index in [4.69, 9.17) is 5.73 Å². The van der Waals surface area contributed by atoms with Crippen LogP contribution in [0.3, 0.4) is 0 Å². The van der Waals surface area contributed by atoms with E-state index in [2.05, 4.69) is 13.2 Å². The van der Waals surface area contributed by atoms with Crippen molar-refractivity contribution in [2.45, 2.75) is 20.8 Å². The van der Waals surface area contributed by atoms with Gasteiger partial charge in [-0.2, -0.15) is 0 Å². The quantitative estimate of drug-likeness (QED) is 0.578. The van der Waals surface area contributed by atoms with Crippen LogP contribution >= 0.6 is 0 Å². The first-order valence-electron chi connectivity index (χ1n) is 5.24. The molecule has 1 aromatic rings. The summed E-state index contributed by atoms with van der Waals surface area (Å²) < 4.78 is 0. The topological polar surface area (TPSA) is 26.0 Å². The molecule has 0 aliphatic heterocycles. The molecule has 0 amide bonds. The van der Waals surface area contributed by atoms with Gasteiger partial charge in [0.2, 0.25) is 0 Å². The Morgan fingerprint density at radius 1 is 1.19 bits per heavy atom. The molecule has 0 atom stereocenters. The molecule has 0 aromatic heterocycles. The van der Waals surface area contributed by atoms with E-state index >= 15 is 0 Å². The summed E-state index contributed by atoms with van der Waals surface area (Å²) in [5.41, 5.74) is 9.74. The highest BCUT2D eigenvalue weighted by Gasteiger charge is 1.80. The maximum atomic E-state index is 5.43. The molecule has 0 heterocycles. The third-order valence-electron chi connectivity index (χ3n) is 1.87. The Bertz CT molecular complexity index is 348. The van der Waals surface area contributed by atoms with Gasteiger partial charge >= 0.3 is 0 Å². The molecule has 0 spiro atoms. The first-order chi connectivity index (χ1) is 7.45. The van der Waals surface area contributed by atoms with Gasteiger partial charge in [-0.1, -0.05) is 54.2 Å². The van der Waals surface area contributed by atoms with E-state index in [1.54, 1.807) is 0 Å². The van der Waals surface area contributed by atoms with Gasteiger partial charge in [-0.05, 0) is 32.9 Å². The second-order valence-electron chi connectivity index (χ2n) is 3.85. The van der Waals surface area contributed by atoms with E-state index in [1.807, 2.05) is 57.2 Å². The minimum absolute atomic E-state index is 0.829. The number of hydrogen-bond donors (Lipinski definition) is 1. The molecule has 0 saturated heterocycles. The zero-order chi connectivity index (χ0) is 12.6. The molecular weight excluding hydrogens is 194 g/mol. The van der Waals surface area contributed by atoms with Crippen LogP contribution in [-0.4, -0.2) is 0 Å². The van der Waals surface area contributed by atoms with Crippen molar-refractivity contribution in [3.63, 3.8) is 0 Å². The summed E-state index contributed by atoms with van der Waals surface area (Å²) in [6.45, 7) is 13.3. The predicted molar refractivity (Wildman–Crippen MR) is 74.4 cm³/mol. The summed E-state index contributed by atoms with van der Waals surface area (Å²) in [6.07, 6.45) is 3.81. The minimum atomic E-state index is 0.829. The van der Waals surface area contributed by atoms with E-state index in [0.29, 0.717) is 0 Å². The lowest BCUT2D eigenvalue weighted by atomic mass is 10.2. The Labute approximate surface area is 99.0 Å². The fourth-order valence-corrected chi connectivity index (χ4v) is 1.01. The van der Waals surface area contributed by atoms with Gasteiger partial charge in [-0.15, -0.1) is 0 Å². The molecule has 1 nitrogen and oxygen atoms in total. The van der Waals surface area contributed by atoms with Gasteiger partial charge in [-0.25, -0.2) is 0 Å². The number of nitrogens with two attached hydrogens (primary N) is 1. The number of nitrogen functional groups attached to an aromatic ring is 1. The number of anilines is 1. The number of aryl methyl sites for hydroxylation is 1. The molecule has 1 aromatic carbocycles. The summed E-state index contributed by atoms with van der Waals surface area (Å²) in [5, 5.41) is 0. The molecule has 0 fully saturated rings. The van der Waals surface area contributed by atoms with Crippen molar-refractivity contribution in [3.8, 4) is 0 Å². The monoisotopic (exact) mass is 215 g/mol. The Hall–Kier alpha value is -1.76. The molecular formula is C15H21N. The third kappa shape index (κ3) is 7.63. The normalized spacial score (nSPS) is 10.1. The highest BCUT2D eigenvalue weighted by atomic mass is 14.5. The van der Waals surface area contributed by atoms with Gasteiger partial charge in [0, 0.05) is 5.69 Å². The molecule has 0 unspecified atom stereocenters. The van der Waals surface area contributed by atoms with Crippen LogP contribution < -0.4 is 5.73 Å². The highest BCUT2D eigenvalue weighted by molar-refractivity contribution is 5.38. The van der Waals surface area contributed by atoms with Crippen molar-refractivity contribution >= 4 is 5.69 Å².